The van der Waals surface area contributed by atoms with Crippen molar-refractivity contribution in [3.05, 3.63) is 40.3 Å². The van der Waals surface area contributed by atoms with Gasteiger partial charge in [0, 0.05) is 7.05 Å². The summed E-state index contributed by atoms with van der Waals surface area (Å²) < 4.78 is 4.29. The third kappa shape index (κ3) is 2.06. The highest BCUT2D eigenvalue weighted by Gasteiger charge is 2.17. The first-order valence-corrected chi connectivity index (χ1v) is 7.24. The Kier molecular flexibility index (Phi) is 3.35. The van der Waals surface area contributed by atoms with Gasteiger partial charge in [0.2, 0.25) is 0 Å². The van der Waals surface area contributed by atoms with Crippen LogP contribution in [-0.4, -0.2) is 19.3 Å². The first kappa shape index (κ1) is 13.6. The van der Waals surface area contributed by atoms with Crippen LogP contribution in [0.5, 0.6) is 0 Å². The molecule has 3 aromatic rings. The Hall–Kier alpha value is -2.39. The minimum atomic E-state index is 0.582. The van der Waals surface area contributed by atoms with Gasteiger partial charge in [0.15, 0.2) is 10.4 Å². The van der Waals surface area contributed by atoms with Crippen LogP contribution in [0.1, 0.15) is 24.6 Å². The number of rotatable bonds is 3. The van der Waals surface area contributed by atoms with Crippen LogP contribution in [0.15, 0.2) is 24.3 Å². The summed E-state index contributed by atoms with van der Waals surface area (Å²) in [6, 6.07) is 9.66. The quantitative estimate of drug-likeness (QED) is 0.755. The smallest absolute Gasteiger partial charge is 0.184 e. The van der Waals surface area contributed by atoms with E-state index in [-0.39, 0.29) is 0 Å². The largest absolute Gasteiger partial charge is 0.327 e. The highest BCUT2D eigenvalue weighted by Crippen LogP contribution is 2.24. The number of H-pyrrole nitrogens is 1. The fourth-order valence-corrected chi connectivity index (χ4v) is 2.90. The van der Waals surface area contributed by atoms with Gasteiger partial charge < -0.3 is 4.98 Å². The topological polar surface area (TPSA) is 62.3 Å². The number of imidazole rings is 1. The lowest BCUT2D eigenvalue weighted by molar-refractivity contribution is 0.735. The van der Waals surface area contributed by atoms with Gasteiger partial charge in [0.25, 0.3) is 0 Å². The van der Waals surface area contributed by atoms with Gasteiger partial charge in [-0.05, 0) is 30.8 Å². The van der Waals surface area contributed by atoms with Gasteiger partial charge in [-0.2, -0.15) is 10.4 Å². The summed E-state index contributed by atoms with van der Waals surface area (Å²) in [5.74, 6) is 0. The highest BCUT2D eigenvalue weighted by atomic mass is 32.1. The average Bonchev–Trinajstić information content (AvgIpc) is 2.97. The van der Waals surface area contributed by atoms with Gasteiger partial charge in [-0.3, -0.25) is 4.57 Å². The summed E-state index contributed by atoms with van der Waals surface area (Å²) in [4.78, 5) is 3.24. The second-order valence-electron chi connectivity index (χ2n) is 4.91. The van der Waals surface area contributed by atoms with Crippen LogP contribution in [-0.2, 0) is 13.5 Å². The van der Waals surface area contributed by atoms with Gasteiger partial charge in [-0.25, -0.2) is 4.68 Å². The van der Waals surface area contributed by atoms with Crippen LogP contribution in [0.25, 0.3) is 16.9 Å². The van der Waals surface area contributed by atoms with E-state index < -0.39 is 0 Å². The van der Waals surface area contributed by atoms with E-state index in [1.165, 1.54) is 0 Å². The third-order valence-corrected chi connectivity index (χ3v) is 3.77. The first-order valence-electron chi connectivity index (χ1n) is 6.83. The molecule has 0 atom stereocenters. The molecule has 0 aliphatic carbocycles. The summed E-state index contributed by atoms with van der Waals surface area (Å²) in [5, 5.41) is 13.9. The van der Waals surface area contributed by atoms with Gasteiger partial charge in [-0.15, -0.1) is 0 Å². The van der Waals surface area contributed by atoms with E-state index in [9.17, 15) is 5.26 Å². The Labute approximate surface area is 127 Å². The zero-order valence-corrected chi connectivity index (χ0v) is 12.7. The number of hydrogen-bond donors (Lipinski definition) is 1. The molecular weight excluding hydrogens is 282 g/mol. The Morgan fingerprint density at radius 1 is 1.38 bits per heavy atom. The summed E-state index contributed by atoms with van der Waals surface area (Å²) in [7, 11) is 1.90. The zero-order valence-electron chi connectivity index (χ0n) is 11.9. The number of nitriles is 1. The zero-order chi connectivity index (χ0) is 15.0. The van der Waals surface area contributed by atoms with Crippen molar-refractivity contribution in [1.82, 2.24) is 19.3 Å². The van der Waals surface area contributed by atoms with E-state index in [1.807, 2.05) is 34.5 Å². The SMILES string of the molecule is CCCc1nn(C)c2c1[nH]c(=S)n2-c1ccccc1C#N. The van der Waals surface area contributed by atoms with Gasteiger partial charge in [0.05, 0.1) is 16.9 Å². The molecule has 106 valence electrons. The summed E-state index contributed by atoms with van der Waals surface area (Å²) in [6.45, 7) is 2.12. The molecule has 0 bridgehead atoms. The summed E-state index contributed by atoms with van der Waals surface area (Å²) in [5.41, 5.74) is 4.23. The molecule has 6 heteroatoms. The lowest BCUT2D eigenvalue weighted by Crippen LogP contribution is -2.02. The predicted molar refractivity (Wildman–Crippen MR) is 83.9 cm³/mol. The van der Waals surface area contributed by atoms with Crippen LogP contribution >= 0.6 is 12.2 Å². The van der Waals surface area contributed by atoms with Gasteiger partial charge in [-0.1, -0.05) is 25.5 Å². The van der Waals surface area contributed by atoms with Crippen molar-refractivity contribution in [3.63, 3.8) is 0 Å². The third-order valence-electron chi connectivity index (χ3n) is 3.49. The Morgan fingerprint density at radius 2 is 2.14 bits per heavy atom. The molecule has 2 aromatic heterocycles. The second-order valence-corrected chi connectivity index (χ2v) is 5.30. The minimum Gasteiger partial charge on any atom is -0.327 e. The van der Waals surface area contributed by atoms with Gasteiger partial charge >= 0.3 is 0 Å². The van der Waals surface area contributed by atoms with Crippen LogP contribution in [0.4, 0.5) is 0 Å². The van der Waals surface area contributed by atoms with Crippen molar-refractivity contribution in [2.75, 3.05) is 0 Å². The van der Waals surface area contributed by atoms with Crippen molar-refractivity contribution in [2.24, 2.45) is 7.05 Å². The highest BCUT2D eigenvalue weighted by molar-refractivity contribution is 7.71. The number of fused-ring (bicyclic) bond motifs is 1. The number of hydrogen-bond acceptors (Lipinski definition) is 3. The van der Waals surface area contributed by atoms with Crippen molar-refractivity contribution < 1.29 is 0 Å². The first-order chi connectivity index (χ1) is 10.2. The Morgan fingerprint density at radius 3 is 2.86 bits per heavy atom. The summed E-state index contributed by atoms with van der Waals surface area (Å²) in [6.07, 6.45) is 1.92. The van der Waals surface area contributed by atoms with Crippen molar-refractivity contribution in [2.45, 2.75) is 19.8 Å². The molecule has 1 N–H and O–H groups in total. The molecule has 1 aromatic carbocycles. The molecule has 0 saturated heterocycles. The monoisotopic (exact) mass is 297 g/mol. The molecule has 3 rings (SSSR count). The number of aromatic amines is 1. The maximum atomic E-state index is 9.31. The number of nitrogens with zero attached hydrogens (tertiary/aromatic N) is 4. The lowest BCUT2D eigenvalue weighted by atomic mass is 10.2. The van der Waals surface area contributed by atoms with Crippen molar-refractivity contribution in [1.29, 1.82) is 5.26 Å². The molecule has 0 radical (unpaired) electrons. The maximum Gasteiger partial charge on any atom is 0.184 e. The molecule has 0 amide bonds. The predicted octanol–water partition coefficient (Wildman–Crippen LogP) is 3.25. The number of aromatic nitrogens is 4. The van der Waals surface area contributed by atoms with E-state index in [0.717, 1.165) is 35.4 Å². The Bertz CT molecular complexity index is 906. The fraction of sp³-hybridized carbons (Fsp3) is 0.267. The number of para-hydroxylation sites is 1. The standard InChI is InChI=1S/C15H15N5S/c1-3-6-11-13-14(19(2)18-11)20(15(21)17-13)12-8-5-4-7-10(12)9-16/h4-5,7-8H,3,6H2,1-2H3,(H,17,21). The molecule has 0 aliphatic heterocycles. The fourth-order valence-electron chi connectivity index (χ4n) is 2.61. The molecule has 0 aliphatic rings. The van der Waals surface area contributed by atoms with E-state index in [4.69, 9.17) is 12.2 Å². The van der Waals surface area contributed by atoms with Crippen LogP contribution in [0.3, 0.4) is 0 Å². The molecule has 0 unspecified atom stereocenters. The van der Waals surface area contributed by atoms with E-state index in [1.54, 1.807) is 6.07 Å². The molecule has 0 fully saturated rings. The molecule has 0 saturated carbocycles. The maximum absolute atomic E-state index is 9.31. The van der Waals surface area contributed by atoms with Crippen LogP contribution in [0.2, 0.25) is 0 Å². The van der Waals surface area contributed by atoms with Crippen LogP contribution in [0, 0.1) is 16.1 Å². The average molecular weight is 297 g/mol. The van der Waals surface area contributed by atoms with Crippen molar-refractivity contribution in [3.8, 4) is 11.8 Å². The summed E-state index contributed by atoms with van der Waals surface area (Å²) >= 11 is 5.46. The van der Waals surface area contributed by atoms with E-state index in [0.29, 0.717) is 10.3 Å². The molecule has 5 nitrogen and oxygen atoms in total. The van der Waals surface area contributed by atoms with Crippen molar-refractivity contribution >= 4 is 23.4 Å². The molecular formula is C15H15N5S. The number of nitrogens with one attached hydrogen (secondary N) is 1. The number of benzene rings is 1. The van der Waals surface area contributed by atoms with Crippen LogP contribution < -0.4 is 0 Å². The molecule has 21 heavy (non-hydrogen) atoms. The van der Waals surface area contributed by atoms with E-state index >= 15 is 0 Å². The molecule has 2 heterocycles. The normalized spacial score (nSPS) is 10.9. The van der Waals surface area contributed by atoms with Gasteiger partial charge in [0.1, 0.15) is 11.6 Å². The number of aryl methyl sites for hydroxylation is 2. The van der Waals surface area contributed by atoms with E-state index in [2.05, 4.69) is 23.1 Å². The molecule has 0 spiro atoms. The minimum absolute atomic E-state index is 0.582. The second kappa shape index (κ2) is 5.19. The lowest BCUT2D eigenvalue weighted by Gasteiger charge is -2.06. The Balaban J connectivity index is 2.36.